The Kier molecular flexibility index (Phi) is 5.84. The van der Waals surface area contributed by atoms with Gasteiger partial charge >= 0.3 is 17.9 Å². The first kappa shape index (κ1) is 25.6. The van der Waals surface area contributed by atoms with E-state index in [0.717, 1.165) is 0 Å². The van der Waals surface area contributed by atoms with E-state index in [9.17, 15) is 29.4 Å². The number of aliphatic hydroxyl groups is 2. The van der Waals surface area contributed by atoms with Crippen molar-refractivity contribution in [2.24, 2.45) is 29.1 Å². The average Bonchev–Trinajstić information content (AvgIpc) is 3.16. The Morgan fingerprint density at radius 1 is 1.14 bits per heavy atom. The third-order valence-corrected chi connectivity index (χ3v) is 8.99. The van der Waals surface area contributed by atoms with Crippen molar-refractivity contribution in [1.29, 1.82) is 0 Å². The number of hydrogen-bond acceptors (Lipinski definition) is 8. The molecule has 4 aliphatic rings. The molecule has 0 aromatic rings. The van der Waals surface area contributed by atoms with E-state index in [1.807, 2.05) is 20.8 Å². The number of Topliss-reactive ketones (excluding diaryl/α,β-unsaturated/α-hetero) is 1. The average molecular weight is 491 g/mol. The molecule has 4 aliphatic carbocycles. The van der Waals surface area contributed by atoms with Crippen molar-refractivity contribution >= 4 is 23.7 Å². The molecule has 0 saturated heterocycles. The highest BCUT2D eigenvalue weighted by atomic mass is 16.6. The Morgan fingerprint density at radius 2 is 1.80 bits per heavy atom. The fourth-order valence-corrected chi connectivity index (χ4v) is 7.52. The second-order valence-electron chi connectivity index (χ2n) is 11.3. The van der Waals surface area contributed by atoms with Gasteiger partial charge in [0.2, 0.25) is 0 Å². The lowest BCUT2D eigenvalue weighted by Gasteiger charge is -2.52. The smallest absolute Gasteiger partial charge is 0.306 e. The summed E-state index contributed by atoms with van der Waals surface area (Å²) in [7, 11) is 0. The molecular weight excluding hydrogens is 456 g/mol. The SMILES string of the molecule is CC(=O)O[C@@]12C[C@@H](C)[C@@]3(OC(=O)CCC(=O)O)[C@@H](C=C(CO)C[C@]4(O)C(=O)C(C)=C[C@@H]34)[C@@H]1C2(C)C. The Labute approximate surface area is 204 Å². The van der Waals surface area contributed by atoms with Gasteiger partial charge in [-0.25, -0.2) is 0 Å². The molecular formula is C26H34O9. The summed E-state index contributed by atoms with van der Waals surface area (Å²) in [6.07, 6.45) is 2.87. The van der Waals surface area contributed by atoms with Crippen LogP contribution in [-0.4, -0.2) is 62.4 Å². The van der Waals surface area contributed by atoms with Gasteiger partial charge in [0, 0.05) is 36.5 Å². The minimum atomic E-state index is -1.92. The number of aliphatic carboxylic acids is 1. The molecule has 9 nitrogen and oxygen atoms in total. The van der Waals surface area contributed by atoms with Gasteiger partial charge in [0.15, 0.2) is 5.78 Å². The fraction of sp³-hybridized carbons (Fsp3) is 0.692. The lowest BCUT2D eigenvalue weighted by Crippen LogP contribution is -2.63. The van der Waals surface area contributed by atoms with Crippen LogP contribution in [0, 0.1) is 29.1 Å². The van der Waals surface area contributed by atoms with Crippen LogP contribution < -0.4 is 0 Å². The quantitative estimate of drug-likeness (QED) is 0.375. The van der Waals surface area contributed by atoms with Crippen LogP contribution in [0.2, 0.25) is 0 Å². The number of fused-ring (bicyclic) bond motifs is 5. The normalized spacial score (nSPS) is 40.8. The summed E-state index contributed by atoms with van der Waals surface area (Å²) in [6.45, 7) is 8.34. The lowest BCUT2D eigenvalue weighted by atomic mass is 9.59. The summed E-state index contributed by atoms with van der Waals surface area (Å²) in [6, 6.07) is 0. The Bertz CT molecular complexity index is 1060. The van der Waals surface area contributed by atoms with Crippen molar-refractivity contribution in [1.82, 2.24) is 0 Å². The number of carbonyl (C=O) groups excluding carboxylic acids is 3. The molecule has 2 fully saturated rings. The zero-order valence-electron chi connectivity index (χ0n) is 20.8. The molecule has 0 unspecified atom stereocenters. The number of rotatable bonds is 6. The van der Waals surface area contributed by atoms with Gasteiger partial charge in [-0.05, 0) is 24.5 Å². The van der Waals surface area contributed by atoms with E-state index >= 15 is 0 Å². The van der Waals surface area contributed by atoms with Crippen LogP contribution in [0.5, 0.6) is 0 Å². The van der Waals surface area contributed by atoms with Crippen LogP contribution in [0.25, 0.3) is 0 Å². The summed E-state index contributed by atoms with van der Waals surface area (Å²) in [4.78, 5) is 49.5. The van der Waals surface area contributed by atoms with Crippen molar-refractivity contribution in [2.75, 3.05) is 6.61 Å². The summed E-state index contributed by atoms with van der Waals surface area (Å²) in [5.41, 5.74) is -3.88. The first-order chi connectivity index (χ1) is 16.2. The summed E-state index contributed by atoms with van der Waals surface area (Å²) in [5, 5.41) is 31.0. The van der Waals surface area contributed by atoms with E-state index in [1.165, 1.54) is 6.92 Å². The molecule has 3 N–H and O–H groups in total. The van der Waals surface area contributed by atoms with Gasteiger partial charge < -0.3 is 24.8 Å². The number of carboxylic acid groups (broad SMARTS) is 1. The molecule has 35 heavy (non-hydrogen) atoms. The van der Waals surface area contributed by atoms with Gasteiger partial charge in [0.1, 0.15) is 16.8 Å². The van der Waals surface area contributed by atoms with Gasteiger partial charge in [0.25, 0.3) is 0 Å². The number of esters is 2. The van der Waals surface area contributed by atoms with Crippen LogP contribution >= 0.6 is 0 Å². The van der Waals surface area contributed by atoms with E-state index in [0.29, 0.717) is 17.6 Å². The third kappa shape index (κ3) is 3.42. The molecule has 4 rings (SSSR count). The van der Waals surface area contributed by atoms with Crippen molar-refractivity contribution in [2.45, 2.75) is 77.1 Å². The van der Waals surface area contributed by atoms with Crippen LogP contribution in [0.4, 0.5) is 0 Å². The maximum Gasteiger partial charge on any atom is 0.306 e. The largest absolute Gasteiger partial charge is 0.481 e. The molecule has 0 aromatic heterocycles. The topological polar surface area (TPSA) is 147 Å². The maximum atomic E-state index is 13.2. The van der Waals surface area contributed by atoms with Crippen LogP contribution in [-0.2, 0) is 28.7 Å². The van der Waals surface area contributed by atoms with Gasteiger partial charge in [-0.3, -0.25) is 19.2 Å². The minimum Gasteiger partial charge on any atom is -0.481 e. The predicted octanol–water partition coefficient (Wildman–Crippen LogP) is 1.95. The van der Waals surface area contributed by atoms with Crippen LogP contribution in [0.3, 0.4) is 0 Å². The highest BCUT2D eigenvalue weighted by Crippen LogP contribution is 2.77. The molecule has 7 atom stereocenters. The first-order valence-electron chi connectivity index (χ1n) is 12.1. The highest BCUT2D eigenvalue weighted by molar-refractivity contribution is 6.05. The zero-order valence-corrected chi connectivity index (χ0v) is 20.8. The second kappa shape index (κ2) is 8.00. The monoisotopic (exact) mass is 490 g/mol. The standard InChI is InChI=1S/C26H34O9/c1-13-8-18-24(33,22(13)32)11-16(12-27)9-17-21-23(4,5)25(21,34-15(3)28)10-14(2)26(17,18)35-20(31)7-6-19(29)30/h8-9,14,17-18,21,27,33H,6-7,10-12H2,1-5H3,(H,29,30)/t14-,17+,18-,21-,24-,25+,26-/m1/s1. The Hall–Kier alpha value is -2.52. The molecule has 192 valence electrons. The summed E-state index contributed by atoms with van der Waals surface area (Å²) < 4.78 is 12.1. The molecule has 0 aromatic carbocycles. The molecule has 0 bridgehead atoms. The number of ether oxygens (including phenoxy) is 2. The maximum absolute atomic E-state index is 13.2. The van der Waals surface area contributed by atoms with Crippen molar-refractivity contribution in [3.8, 4) is 0 Å². The van der Waals surface area contributed by atoms with Gasteiger partial charge in [-0.1, -0.05) is 32.9 Å². The van der Waals surface area contributed by atoms with E-state index in [2.05, 4.69) is 0 Å². The number of ketones is 1. The third-order valence-electron chi connectivity index (χ3n) is 8.99. The Balaban J connectivity index is 1.92. The summed E-state index contributed by atoms with van der Waals surface area (Å²) >= 11 is 0. The van der Waals surface area contributed by atoms with Crippen molar-refractivity contribution in [3.05, 3.63) is 23.3 Å². The number of carbonyl (C=O) groups is 4. The number of carboxylic acids is 1. The molecule has 0 amide bonds. The van der Waals surface area contributed by atoms with Crippen molar-refractivity contribution < 1.29 is 44.0 Å². The zero-order chi connectivity index (χ0) is 26.1. The van der Waals surface area contributed by atoms with E-state index in [-0.39, 0.29) is 18.8 Å². The molecule has 0 aliphatic heterocycles. The van der Waals surface area contributed by atoms with E-state index in [4.69, 9.17) is 14.6 Å². The number of hydrogen-bond donors (Lipinski definition) is 3. The van der Waals surface area contributed by atoms with E-state index in [1.54, 1.807) is 19.1 Å². The molecule has 0 heterocycles. The highest BCUT2D eigenvalue weighted by Gasteiger charge is 2.84. The summed E-state index contributed by atoms with van der Waals surface area (Å²) in [5.74, 6) is -5.08. The van der Waals surface area contributed by atoms with Gasteiger partial charge in [0.05, 0.1) is 25.4 Å². The van der Waals surface area contributed by atoms with Gasteiger partial charge in [-0.2, -0.15) is 0 Å². The second-order valence-corrected chi connectivity index (χ2v) is 11.3. The minimum absolute atomic E-state index is 0.119. The first-order valence-corrected chi connectivity index (χ1v) is 12.1. The molecule has 0 spiro atoms. The molecule has 9 heteroatoms. The fourth-order valence-electron chi connectivity index (χ4n) is 7.52. The molecule has 2 saturated carbocycles. The molecule has 0 radical (unpaired) electrons. The van der Waals surface area contributed by atoms with Crippen LogP contribution in [0.15, 0.2) is 23.3 Å². The van der Waals surface area contributed by atoms with Crippen LogP contribution in [0.1, 0.15) is 60.3 Å². The van der Waals surface area contributed by atoms with E-state index < -0.39 is 76.7 Å². The Morgan fingerprint density at radius 3 is 2.37 bits per heavy atom. The number of aliphatic hydroxyl groups excluding tert-OH is 1. The lowest BCUT2D eigenvalue weighted by molar-refractivity contribution is -0.212. The van der Waals surface area contributed by atoms with Crippen molar-refractivity contribution in [3.63, 3.8) is 0 Å². The predicted molar refractivity (Wildman–Crippen MR) is 122 cm³/mol. The van der Waals surface area contributed by atoms with Gasteiger partial charge in [-0.15, -0.1) is 0 Å².